The van der Waals surface area contributed by atoms with Crippen LogP contribution in [-0.2, 0) is 9.53 Å². The molecule has 0 bridgehead atoms. The van der Waals surface area contributed by atoms with E-state index in [1.807, 2.05) is 19.1 Å². The molecule has 1 aliphatic heterocycles. The Morgan fingerprint density at radius 3 is 3.06 bits per heavy atom. The van der Waals surface area contributed by atoms with Crippen LogP contribution in [0.5, 0.6) is 0 Å². The van der Waals surface area contributed by atoms with Crippen molar-refractivity contribution in [3.8, 4) is 0 Å². The summed E-state index contributed by atoms with van der Waals surface area (Å²) in [7, 11) is 0. The van der Waals surface area contributed by atoms with Crippen LogP contribution in [0.2, 0.25) is 0 Å². The SMILES string of the molecule is C[C@H](C(=O)N[C@H]1CCCOC1)c1ccc(Br)s1. The van der Waals surface area contributed by atoms with E-state index in [1.54, 1.807) is 11.3 Å². The zero-order chi connectivity index (χ0) is 12.3. The van der Waals surface area contributed by atoms with E-state index in [1.165, 1.54) is 0 Å². The number of hydrogen-bond donors (Lipinski definition) is 1. The molecular formula is C12H16BrNO2S. The minimum Gasteiger partial charge on any atom is -0.379 e. The normalized spacial score (nSPS) is 22.1. The van der Waals surface area contributed by atoms with Crippen LogP contribution in [0.1, 0.15) is 30.6 Å². The lowest BCUT2D eigenvalue weighted by molar-refractivity contribution is -0.123. The Balaban J connectivity index is 1.90. The average molecular weight is 318 g/mol. The Hall–Kier alpha value is -0.390. The van der Waals surface area contributed by atoms with E-state index in [4.69, 9.17) is 4.74 Å². The molecule has 1 aliphatic rings. The first kappa shape index (κ1) is 13.1. The van der Waals surface area contributed by atoms with E-state index >= 15 is 0 Å². The second kappa shape index (κ2) is 5.98. The van der Waals surface area contributed by atoms with Gasteiger partial charge in [0.25, 0.3) is 0 Å². The standard InChI is InChI=1S/C12H16BrNO2S/c1-8(10-4-5-11(13)17-10)12(15)14-9-3-2-6-16-7-9/h4-5,8-9H,2-3,6-7H2,1H3,(H,14,15)/t8-,9-/m0/s1. The van der Waals surface area contributed by atoms with Crippen molar-refractivity contribution in [2.75, 3.05) is 13.2 Å². The van der Waals surface area contributed by atoms with Gasteiger partial charge < -0.3 is 10.1 Å². The third-order valence-corrected chi connectivity index (χ3v) is 4.73. The largest absolute Gasteiger partial charge is 0.379 e. The number of thiophene rings is 1. The number of halogens is 1. The van der Waals surface area contributed by atoms with Gasteiger partial charge in [0.1, 0.15) is 0 Å². The van der Waals surface area contributed by atoms with Crippen LogP contribution in [0.3, 0.4) is 0 Å². The Morgan fingerprint density at radius 1 is 1.65 bits per heavy atom. The van der Waals surface area contributed by atoms with Gasteiger partial charge in [-0.2, -0.15) is 0 Å². The lowest BCUT2D eigenvalue weighted by Crippen LogP contribution is -2.42. The summed E-state index contributed by atoms with van der Waals surface area (Å²) in [6.07, 6.45) is 2.05. The van der Waals surface area contributed by atoms with Crippen molar-refractivity contribution in [2.24, 2.45) is 0 Å². The molecule has 94 valence electrons. The van der Waals surface area contributed by atoms with Gasteiger partial charge >= 0.3 is 0 Å². The minimum absolute atomic E-state index is 0.0896. The van der Waals surface area contributed by atoms with Gasteiger partial charge in [0.05, 0.1) is 22.4 Å². The van der Waals surface area contributed by atoms with Crippen molar-refractivity contribution >= 4 is 33.2 Å². The summed E-state index contributed by atoms with van der Waals surface area (Å²) >= 11 is 5.03. The number of ether oxygens (including phenoxy) is 1. The van der Waals surface area contributed by atoms with Crippen molar-refractivity contribution in [1.82, 2.24) is 5.32 Å². The maximum absolute atomic E-state index is 12.0. The highest BCUT2D eigenvalue weighted by Crippen LogP contribution is 2.28. The zero-order valence-electron chi connectivity index (χ0n) is 9.74. The van der Waals surface area contributed by atoms with Crippen LogP contribution in [0.25, 0.3) is 0 Å². The molecule has 2 rings (SSSR count). The predicted octanol–water partition coefficient (Wildman–Crippen LogP) is 2.91. The quantitative estimate of drug-likeness (QED) is 0.931. The molecule has 17 heavy (non-hydrogen) atoms. The van der Waals surface area contributed by atoms with Gasteiger partial charge in [-0.15, -0.1) is 11.3 Å². The van der Waals surface area contributed by atoms with Crippen LogP contribution in [0.15, 0.2) is 15.9 Å². The van der Waals surface area contributed by atoms with Crippen LogP contribution in [-0.4, -0.2) is 25.2 Å². The fourth-order valence-corrected chi connectivity index (χ4v) is 3.35. The van der Waals surface area contributed by atoms with Crippen LogP contribution in [0, 0.1) is 0 Å². The van der Waals surface area contributed by atoms with Crippen molar-refractivity contribution in [1.29, 1.82) is 0 Å². The van der Waals surface area contributed by atoms with E-state index < -0.39 is 0 Å². The lowest BCUT2D eigenvalue weighted by atomic mass is 10.1. The molecule has 1 aromatic rings. The summed E-state index contributed by atoms with van der Waals surface area (Å²) in [6, 6.07) is 4.16. The van der Waals surface area contributed by atoms with E-state index in [0.29, 0.717) is 6.61 Å². The summed E-state index contributed by atoms with van der Waals surface area (Å²) in [5.41, 5.74) is 0. The molecule has 2 atom stereocenters. The van der Waals surface area contributed by atoms with Gasteiger partial charge in [0, 0.05) is 11.5 Å². The number of rotatable bonds is 3. The highest BCUT2D eigenvalue weighted by Gasteiger charge is 2.21. The first-order chi connectivity index (χ1) is 8.16. The van der Waals surface area contributed by atoms with E-state index in [-0.39, 0.29) is 17.9 Å². The molecule has 0 aliphatic carbocycles. The highest BCUT2D eigenvalue weighted by molar-refractivity contribution is 9.11. The van der Waals surface area contributed by atoms with Gasteiger partial charge in [-0.1, -0.05) is 0 Å². The molecule has 0 saturated carbocycles. The molecule has 0 aromatic carbocycles. The Kier molecular flexibility index (Phi) is 4.59. The molecule has 2 heterocycles. The second-order valence-corrected chi connectivity index (χ2v) is 6.78. The molecule has 3 nitrogen and oxygen atoms in total. The van der Waals surface area contributed by atoms with Gasteiger partial charge in [0.15, 0.2) is 0 Å². The summed E-state index contributed by atoms with van der Waals surface area (Å²) in [6.45, 7) is 3.41. The van der Waals surface area contributed by atoms with Gasteiger partial charge in [0.2, 0.25) is 5.91 Å². The monoisotopic (exact) mass is 317 g/mol. The Labute approximate surface area is 114 Å². The topological polar surface area (TPSA) is 38.3 Å². The summed E-state index contributed by atoms with van der Waals surface area (Å²) in [4.78, 5) is 13.1. The van der Waals surface area contributed by atoms with Crippen molar-refractivity contribution in [3.63, 3.8) is 0 Å². The maximum atomic E-state index is 12.0. The molecule has 1 amide bonds. The van der Waals surface area contributed by atoms with Gasteiger partial charge in [-0.05, 0) is 47.8 Å². The fraction of sp³-hybridized carbons (Fsp3) is 0.583. The zero-order valence-corrected chi connectivity index (χ0v) is 12.1. The molecule has 0 radical (unpaired) electrons. The number of nitrogens with one attached hydrogen (secondary N) is 1. The molecule has 1 aromatic heterocycles. The summed E-state index contributed by atoms with van der Waals surface area (Å²) in [5, 5.41) is 3.05. The molecule has 1 fully saturated rings. The first-order valence-corrected chi connectivity index (χ1v) is 7.41. The second-order valence-electron chi connectivity index (χ2n) is 4.29. The lowest BCUT2D eigenvalue weighted by Gasteiger charge is -2.24. The Bertz CT molecular complexity index is 388. The minimum atomic E-state index is -0.0896. The Morgan fingerprint density at radius 2 is 2.47 bits per heavy atom. The van der Waals surface area contributed by atoms with Crippen molar-refractivity contribution in [2.45, 2.75) is 31.7 Å². The third kappa shape index (κ3) is 3.53. The van der Waals surface area contributed by atoms with Crippen molar-refractivity contribution in [3.05, 3.63) is 20.8 Å². The third-order valence-electron chi connectivity index (χ3n) is 2.92. The number of hydrogen-bond acceptors (Lipinski definition) is 3. The highest BCUT2D eigenvalue weighted by atomic mass is 79.9. The van der Waals surface area contributed by atoms with Crippen LogP contribution in [0.4, 0.5) is 0 Å². The molecule has 5 heteroatoms. The number of amides is 1. The van der Waals surface area contributed by atoms with Crippen LogP contribution >= 0.6 is 27.3 Å². The van der Waals surface area contributed by atoms with Crippen molar-refractivity contribution < 1.29 is 9.53 Å². The summed E-state index contributed by atoms with van der Waals surface area (Å²) in [5.74, 6) is 0.00285. The van der Waals surface area contributed by atoms with Crippen LogP contribution < -0.4 is 5.32 Å². The molecule has 1 N–H and O–H groups in total. The smallest absolute Gasteiger partial charge is 0.228 e. The van der Waals surface area contributed by atoms with E-state index in [0.717, 1.165) is 28.1 Å². The molecule has 0 spiro atoms. The predicted molar refractivity (Wildman–Crippen MR) is 72.4 cm³/mol. The average Bonchev–Trinajstić information content (AvgIpc) is 2.76. The molecular weight excluding hydrogens is 302 g/mol. The summed E-state index contributed by atoms with van der Waals surface area (Å²) < 4.78 is 6.42. The van der Waals surface area contributed by atoms with E-state index in [2.05, 4.69) is 21.2 Å². The fourth-order valence-electron chi connectivity index (χ4n) is 1.87. The maximum Gasteiger partial charge on any atom is 0.228 e. The van der Waals surface area contributed by atoms with Gasteiger partial charge in [-0.3, -0.25) is 4.79 Å². The van der Waals surface area contributed by atoms with Gasteiger partial charge in [-0.25, -0.2) is 0 Å². The van der Waals surface area contributed by atoms with E-state index in [9.17, 15) is 4.79 Å². The molecule has 1 saturated heterocycles. The number of carbonyl (C=O) groups is 1. The first-order valence-electron chi connectivity index (χ1n) is 5.80. The molecule has 0 unspecified atom stereocenters. The number of carbonyl (C=O) groups excluding carboxylic acids is 1.